The Hall–Kier alpha value is -3.38. The third-order valence-corrected chi connectivity index (χ3v) is 6.58. The molecule has 1 aliphatic rings. The molecule has 1 heterocycles. The standard InChI is InChI=1S/C27H32N4O2/c1-26(2,3)31(25(32)33)27(14-7-15-27)20-12-10-19(11-13-20)24-21(18-8-5-4-6-9-18)16-22(29)23(17-28)30-24/h4-6,8-13,16H,7,14-15,17,28-29H2,1-3H3,(H,32,33). The van der Waals surface area contributed by atoms with Gasteiger partial charge in [0.25, 0.3) is 0 Å². The average Bonchev–Trinajstić information content (AvgIpc) is 2.75. The number of nitrogens with zero attached hydrogens (tertiary/aromatic N) is 2. The molecule has 2 aromatic carbocycles. The van der Waals surface area contributed by atoms with E-state index < -0.39 is 17.2 Å². The average molecular weight is 445 g/mol. The summed E-state index contributed by atoms with van der Waals surface area (Å²) in [4.78, 5) is 18.7. The molecule has 172 valence electrons. The van der Waals surface area contributed by atoms with Crippen molar-refractivity contribution in [3.8, 4) is 22.4 Å². The number of aromatic nitrogens is 1. The van der Waals surface area contributed by atoms with Gasteiger partial charge in [0.05, 0.1) is 22.6 Å². The highest BCUT2D eigenvalue weighted by atomic mass is 16.4. The van der Waals surface area contributed by atoms with Crippen LogP contribution >= 0.6 is 0 Å². The van der Waals surface area contributed by atoms with Gasteiger partial charge in [-0.1, -0.05) is 54.6 Å². The lowest BCUT2D eigenvalue weighted by Crippen LogP contribution is -2.60. The van der Waals surface area contributed by atoms with E-state index in [0.717, 1.165) is 47.2 Å². The topological polar surface area (TPSA) is 105 Å². The number of nitrogens with two attached hydrogens (primary N) is 2. The smallest absolute Gasteiger partial charge is 0.408 e. The normalized spacial score (nSPS) is 15.0. The fraction of sp³-hybridized carbons (Fsp3) is 0.333. The highest BCUT2D eigenvalue weighted by molar-refractivity contribution is 5.83. The Morgan fingerprint density at radius 3 is 2.18 bits per heavy atom. The van der Waals surface area contributed by atoms with Crippen LogP contribution in [0.3, 0.4) is 0 Å². The minimum atomic E-state index is -0.884. The molecule has 0 bridgehead atoms. The third kappa shape index (κ3) is 4.07. The summed E-state index contributed by atoms with van der Waals surface area (Å²) in [5.74, 6) is 0. The summed E-state index contributed by atoms with van der Waals surface area (Å²) in [5, 5.41) is 10.0. The molecule has 1 amide bonds. The molecule has 0 atom stereocenters. The van der Waals surface area contributed by atoms with Gasteiger partial charge in [-0.15, -0.1) is 0 Å². The Kier molecular flexibility index (Phi) is 5.89. The van der Waals surface area contributed by atoms with Crippen molar-refractivity contribution in [2.45, 2.75) is 57.7 Å². The summed E-state index contributed by atoms with van der Waals surface area (Å²) < 4.78 is 0. The number of hydrogen-bond donors (Lipinski definition) is 3. The molecule has 0 saturated heterocycles. The van der Waals surface area contributed by atoms with Crippen molar-refractivity contribution in [3.63, 3.8) is 0 Å². The monoisotopic (exact) mass is 444 g/mol. The van der Waals surface area contributed by atoms with Crippen LogP contribution < -0.4 is 11.5 Å². The molecule has 0 unspecified atom stereocenters. The first kappa shape index (κ1) is 22.8. The zero-order chi connectivity index (χ0) is 23.8. The molecular weight excluding hydrogens is 412 g/mol. The zero-order valence-corrected chi connectivity index (χ0v) is 19.5. The molecule has 6 heteroatoms. The highest BCUT2D eigenvalue weighted by Gasteiger charge is 2.50. The number of amides is 1. The van der Waals surface area contributed by atoms with Gasteiger partial charge in [0.1, 0.15) is 0 Å². The van der Waals surface area contributed by atoms with E-state index in [0.29, 0.717) is 11.4 Å². The van der Waals surface area contributed by atoms with Crippen LogP contribution in [-0.4, -0.2) is 26.6 Å². The molecule has 33 heavy (non-hydrogen) atoms. The molecule has 1 fully saturated rings. The highest BCUT2D eigenvalue weighted by Crippen LogP contribution is 2.49. The number of hydrogen-bond acceptors (Lipinski definition) is 4. The van der Waals surface area contributed by atoms with E-state index in [1.165, 1.54) is 0 Å². The maximum absolute atomic E-state index is 12.2. The first-order chi connectivity index (χ1) is 15.7. The van der Waals surface area contributed by atoms with Crippen molar-refractivity contribution in [3.05, 3.63) is 71.9 Å². The van der Waals surface area contributed by atoms with Crippen molar-refractivity contribution < 1.29 is 9.90 Å². The lowest BCUT2D eigenvalue weighted by molar-refractivity contribution is -0.0327. The van der Waals surface area contributed by atoms with Gasteiger partial charge in [-0.05, 0) is 57.2 Å². The molecule has 6 nitrogen and oxygen atoms in total. The summed E-state index contributed by atoms with van der Waals surface area (Å²) in [6.07, 6.45) is 1.77. The van der Waals surface area contributed by atoms with E-state index in [2.05, 4.69) is 0 Å². The van der Waals surface area contributed by atoms with Crippen molar-refractivity contribution in [2.24, 2.45) is 5.73 Å². The maximum Gasteiger partial charge on any atom is 0.408 e. The van der Waals surface area contributed by atoms with Crippen LogP contribution in [0.1, 0.15) is 51.3 Å². The van der Waals surface area contributed by atoms with Crippen LogP contribution in [0.4, 0.5) is 10.5 Å². The van der Waals surface area contributed by atoms with Crippen molar-refractivity contribution in [2.75, 3.05) is 5.73 Å². The Morgan fingerprint density at radius 1 is 1.06 bits per heavy atom. The van der Waals surface area contributed by atoms with Crippen LogP contribution in [0.25, 0.3) is 22.4 Å². The van der Waals surface area contributed by atoms with Gasteiger partial charge >= 0.3 is 6.09 Å². The van der Waals surface area contributed by atoms with E-state index in [4.69, 9.17) is 16.5 Å². The molecule has 3 aromatic rings. The molecule has 1 saturated carbocycles. The Labute approximate surface area is 195 Å². The molecule has 4 rings (SSSR count). The predicted octanol–water partition coefficient (Wildman–Crippen LogP) is 5.61. The van der Waals surface area contributed by atoms with Gasteiger partial charge in [-0.2, -0.15) is 0 Å². The summed E-state index contributed by atoms with van der Waals surface area (Å²) in [5.41, 5.74) is 17.1. The fourth-order valence-electron chi connectivity index (χ4n) is 4.99. The fourth-order valence-corrected chi connectivity index (χ4v) is 4.99. The number of rotatable bonds is 5. The second-order valence-corrected chi connectivity index (χ2v) is 9.74. The minimum absolute atomic E-state index is 0.258. The molecule has 5 N–H and O–H groups in total. The number of carbonyl (C=O) groups is 1. The number of anilines is 1. The van der Waals surface area contributed by atoms with Crippen molar-refractivity contribution in [1.29, 1.82) is 0 Å². The molecule has 0 aliphatic heterocycles. The lowest BCUT2D eigenvalue weighted by atomic mass is 9.69. The van der Waals surface area contributed by atoms with E-state index in [9.17, 15) is 9.90 Å². The van der Waals surface area contributed by atoms with Gasteiger partial charge in [0.2, 0.25) is 0 Å². The molecule has 0 radical (unpaired) electrons. The van der Waals surface area contributed by atoms with Gasteiger partial charge < -0.3 is 16.6 Å². The van der Waals surface area contributed by atoms with Gasteiger partial charge in [-0.3, -0.25) is 4.90 Å². The van der Waals surface area contributed by atoms with Crippen LogP contribution in [0.2, 0.25) is 0 Å². The van der Waals surface area contributed by atoms with Gasteiger partial charge in [0.15, 0.2) is 0 Å². The molecule has 1 aliphatic carbocycles. The Balaban J connectivity index is 1.80. The zero-order valence-electron chi connectivity index (χ0n) is 19.5. The quantitative estimate of drug-likeness (QED) is 0.474. The SMILES string of the molecule is CC(C)(C)N(C(=O)O)C1(c2ccc(-c3nc(CN)c(N)cc3-c3ccccc3)cc2)CCC1. The first-order valence-corrected chi connectivity index (χ1v) is 11.4. The Morgan fingerprint density at radius 2 is 1.70 bits per heavy atom. The molecular formula is C27H32N4O2. The lowest BCUT2D eigenvalue weighted by Gasteiger charge is -2.54. The van der Waals surface area contributed by atoms with E-state index in [1.807, 2.05) is 81.4 Å². The number of carboxylic acid groups (broad SMARTS) is 1. The summed E-state index contributed by atoms with van der Waals surface area (Å²) >= 11 is 0. The van der Waals surface area contributed by atoms with Gasteiger partial charge in [0, 0.05) is 23.2 Å². The summed E-state index contributed by atoms with van der Waals surface area (Å²) in [6.45, 7) is 6.12. The number of pyridine rings is 1. The molecule has 1 aromatic heterocycles. The van der Waals surface area contributed by atoms with Gasteiger partial charge in [-0.25, -0.2) is 9.78 Å². The van der Waals surface area contributed by atoms with Crippen LogP contribution in [-0.2, 0) is 12.1 Å². The van der Waals surface area contributed by atoms with Crippen molar-refractivity contribution >= 4 is 11.8 Å². The summed E-state index contributed by atoms with van der Waals surface area (Å²) in [7, 11) is 0. The van der Waals surface area contributed by atoms with Crippen LogP contribution in [0, 0.1) is 0 Å². The van der Waals surface area contributed by atoms with Crippen molar-refractivity contribution in [1.82, 2.24) is 9.88 Å². The maximum atomic E-state index is 12.2. The third-order valence-electron chi connectivity index (χ3n) is 6.58. The predicted molar refractivity (Wildman–Crippen MR) is 133 cm³/mol. The number of nitrogen functional groups attached to an aromatic ring is 1. The van der Waals surface area contributed by atoms with Crippen LogP contribution in [0.5, 0.6) is 0 Å². The Bertz CT molecular complexity index is 1150. The van der Waals surface area contributed by atoms with E-state index >= 15 is 0 Å². The first-order valence-electron chi connectivity index (χ1n) is 11.4. The van der Waals surface area contributed by atoms with E-state index in [-0.39, 0.29) is 6.54 Å². The van der Waals surface area contributed by atoms with Crippen LogP contribution in [0.15, 0.2) is 60.7 Å². The second kappa shape index (κ2) is 8.52. The second-order valence-electron chi connectivity index (χ2n) is 9.74. The minimum Gasteiger partial charge on any atom is -0.465 e. The molecule has 0 spiro atoms. The summed E-state index contributed by atoms with van der Waals surface area (Å²) in [6, 6.07) is 20.1. The van der Waals surface area contributed by atoms with E-state index in [1.54, 1.807) is 4.90 Å². The largest absolute Gasteiger partial charge is 0.465 e. The number of benzene rings is 2.